The van der Waals surface area contributed by atoms with E-state index in [9.17, 15) is 23.5 Å². The summed E-state index contributed by atoms with van der Waals surface area (Å²) >= 11 is 0.915. The topological polar surface area (TPSA) is 79.3 Å². The number of halogens is 3. The Morgan fingerprint density at radius 1 is 1.00 bits per heavy atom. The Morgan fingerprint density at radius 2 is 1.74 bits per heavy atom. The van der Waals surface area contributed by atoms with Gasteiger partial charge in [-0.15, -0.1) is 0 Å². The molecule has 35 heavy (non-hydrogen) atoms. The van der Waals surface area contributed by atoms with E-state index in [1.807, 2.05) is 0 Å². The number of fused-ring (bicyclic) bond motifs is 1. The van der Waals surface area contributed by atoms with Gasteiger partial charge in [0.1, 0.15) is 11.3 Å². The van der Waals surface area contributed by atoms with E-state index in [0.717, 1.165) is 17.4 Å². The number of ketones is 1. The number of nitrogens with one attached hydrogen (secondary N) is 1. The Bertz CT molecular complexity index is 1460. The number of thiazole rings is 1. The highest BCUT2D eigenvalue weighted by Gasteiger charge is 2.39. The van der Waals surface area contributed by atoms with Crippen molar-refractivity contribution in [1.29, 1.82) is 0 Å². The van der Waals surface area contributed by atoms with Gasteiger partial charge in [0.15, 0.2) is 22.5 Å². The number of carboxylic acid groups (broad SMARTS) is 1. The fraction of sp³-hybridized carbons (Fsp3) is 0.192. The first-order valence-corrected chi connectivity index (χ1v) is 11.8. The largest absolute Gasteiger partial charge is 0.481 e. The molecule has 5 nitrogen and oxygen atoms in total. The van der Waals surface area contributed by atoms with Gasteiger partial charge in [-0.1, -0.05) is 54.2 Å². The Morgan fingerprint density at radius 3 is 2.49 bits per heavy atom. The number of benzene rings is 3. The van der Waals surface area contributed by atoms with Crippen LogP contribution in [-0.2, 0) is 4.79 Å². The molecule has 0 amide bonds. The van der Waals surface area contributed by atoms with Crippen molar-refractivity contribution >= 4 is 44.1 Å². The summed E-state index contributed by atoms with van der Waals surface area (Å²) in [5, 5.41) is 12.4. The molecule has 5 rings (SSSR count). The van der Waals surface area contributed by atoms with Gasteiger partial charge >= 0.3 is 5.97 Å². The normalized spacial score (nSPS) is 17.6. The van der Waals surface area contributed by atoms with Gasteiger partial charge in [0.05, 0.1) is 16.3 Å². The molecule has 0 saturated heterocycles. The molecule has 178 valence electrons. The summed E-state index contributed by atoms with van der Waals surface area (Å²) in [6.07, 6.45) is 1.36. The first-order valence-electron chi connectivity index (χ1n) is 11.0. The zero-order valence-corrected chi connectivity index (χ0v) is 19.0. The van der Waals surface area contributed by atoms with Gasteiger partial charge in [0.25, 0.3) is 0 Å². The molecule has 0 spiro atoms. The summed E-state index contributed by atoms with van der Waals surface area (Å²) in [6, 6.07) is 13.5. The molecule has 1 aliphatic carbocycles. The summed E-state index contributed by atoms with van der Waals surface area (Å²) < 4.78 is 44.0. The van der Waals surface area contributed by atoms with Gasteiger partial charge in [-0.05, 0) is 30.5 Å². The second kappa shape index (κ2) is 9.14. The van der Waals surface area contributed by atoms with E-state index in [1.165, 1.54) is 12.1 Å². The van der Waals surface area contributed by atoms with Crippen LogP contribution in [0.5, 0.6) is 0 Å². The smallest absolute Gasteiger partial charge is 0.307 e. The van der Waals surface area contributed by atoms with E-state index in [2.05, 4.69) is 10.3 Å². The van der Waals surface area contributed by atoms with Gasteiger partial charge in [0, 0.05) is 23.1 Å². The first kappa shape index (κ1) is 23.0. The number of rotatable bonds is 6. The molecule has 1 aromatic heterocycles. The number of hydrogen-bond donors (Lipinski definition) is 2. The van der Waals surface area contributed by atoms with E-state index >= 15 is 4.39 Å². The Labute approximate surface area is 202 Å². The zero-order chi connectivity index (χ0) is 24.7. The molecule has 1 heterocycles. The monoisotopic (exact) mass is 496 g/mol. The van der Waals surface area contributed by atoms with Gasteiger partial charge < -0.3 is 10.4 Å². The third-order valence-corrected chi connectivity index (χ3v) is 7.23. The fourth-order valence-electron chi connectivity index (χ4n) is 4.63. The van der Waals surface area contributed by atoms with Crippen LogP contribution in [0.2, 0.25) is 0 Å². The standard InChI is InChI=1S/C26H19F3N2O3S/c27-14-11-19(28)23-20(12-14)35-26(31-23)30-22-18(24(32)16-7-4-8-17(16)25(33)34)10-9-15(21(22)29)13-5-2-1-3-6-13/h1-3,5-6,9-12,16-17H,4,7-8H2,(H,30,31)(H,33,34)/t16-,17-/m0/s1. The summed E-state index contributed by atoms with van der Waals surface area (Å²) in [5.74, 6) is -5.50. The fourth-order valence-corrected chi connectivity index (χ4v) is 5.54. The van der Waals surface area contributed by atoms with Crippen molar-refractivity contribution in [2.24, 2.45) is 11.8 Å². The molecule has 0 unspecified atom stereocenters. The van der Waals surface area contributed by atoms with E-state index in [-0.39, 0.29) is 32.2 Å². The van der Waals surface area contributed by atoms with Crippen LogP contribution in [0, 0.1) is 29.3 Å². The van der Waals surface area contributed by atoms with Gasteiger partial charge in [-0.25, -0.2) is 18.2 Å². The molecule has 2 N–H and O–H groups in total. The van der Waals surface area contributed by atoms with E-state index in [4.69, 9.17) is 0 Å². The molecule has 4 aromatic rings. The predicted octanol–water partition coefficient (Wildman–Crippen LogP) is 6.81. The summed E-state index contributed by atoms with van der Waals surface area (Å²) in [6.45, 7) is 0. The maximum absolute atomic E-state index is 15.9. The lowest BCUT2D eigenvalue weighted by molar-refractivity contribution is -0.142. The third-order valence-electron chi connectivity index (χ3n) is 6.31. The summed E-state index contributed by atoms with van der Waals surface area (Å²) in [4.78, 5) is 29.2. The lowest BCUT2D eigenvalue weighted by Crippen LogP contribution is -2.26. The minimum Gasteiger partial charge on any atom is -0.481 e. The Kier molecular flexibility index (Phi) is 6.02. The third kappa shape index (κ3) is 4.27. The maximum atomic E-state index is 15.9. The van der Waals surface area contributed by atoms with Gasteiger partial charge in [0.2, 0.25) is 0 Å². The van der Waals surface area contributed by atoms with Crippen LogP contribution in [0.3, 0.4) is 0 Å². The first-order chi connectivity index (χ1) is 16.8. The van der Waals surface area contributed by atoms with Crippen LogP contribution >= 0.6 is 11.3 Å². The second-order valence-corrected chi connectivity index (χ2v) is 9.47. The van der Waals surface area contributed by atoms with E-state index < -0.39 is 41.0 Å². The second-order valence-electron chi connectivity index (χ2n) is 8.44. The highest BCUT2D eigenvalue weighted by atomic mass is 32.1. The molecule has 2 atom stereocenters. The van der Waals surface area contributed by atoms with E-state index in [1.54, 1.807) is 30.3 Å². The average molecular weight is 497 g/mol. The number of carbonyl (C=O) groups is 2. The molecular weight excluding hydrogens is 477 g/mol. The molecule has 1 aliphatic rings. The lowest BCUT2D eigenvalue weighted by atomic mass is 9.87. The molecule has 1 saturated carbocycles. The van der Waals surface area contributed by atoms with E-state index in [0.29, 0.717) is 30.9 Å². The van der Waals surface area contributed by atoms with Gasteiger partial charge in [-0.2, -0.15) is 0 Å². The summed E-state index contributed by atoms with van der Waals surface area (Å²) in [7, 11) is 0. The molecule has 0 radical (unpaired) electrons. The van der Waals surface area contributed by atoms with Crippen molar-refractivity contribution < 1.29 is 27.9 Å². The highest BCUT2D eigenvalue weighted by Crippen LogP contribution is 2.40. The van der Waals surface area contributed by atoms with Crippen LogP contribution in [0.4, 0.5) is 24.0 Å². The van der Waals surface area contributed by atoms with Crippen LogP contribution in [0.25, 0.3) is 21.3 Å². The predicted molar refractivity (Wildman–Crippen MR) is 127 cm³/mol. The minimum atomic E-state index is -1.06. The highest BCUT2D eigenvalue weighted by molar-refractivity contribution is 7.22. The summed E-state index contributed by atoms with van der Waals surface area (Å²) in [5.41, 5.74) is 0.546. The molecule has 0 bridgehead atoms. The van der Waals surface area contributed by atoms with Crippen molar-refractivity contribution in [3.05, 3.63) is 77.6 Å². The molecule has 0 aliphatic heterocycles. The Balaban J connectivity index is 1.62. The number of carboxylic acids is 1. The van der Waals surface area contributed by atoms with Crippen LogP contribution in [-0.4, -0.2) is 21.8 Å². The van der Waals surface area contributed by atoms with Crippen molar-refractivity contribution in [2.45, 2.75) is 19.3 Å². The lowest BCUT2D eigenvalue weighted by Gasteiger charge is -2.19. The van der Waals surface area contributed by atoms with Crippen molar-refractivity contribution in [3.8, 4) is 11.1 Å². The SMILES string of the molecule is O=C(O)[C@H]1CCC[C@@H]1C(=O)c1ccc(-c2ccccc2)c(F)c1Nc1nc2c(F)cc(F)cc2s1. The van der Waals surface area contributed by atoms with Crippen LogP contribution in [0.15, 0.2) is 54.6 Å². The molecule has 3 aromatic carbocycles. The maximum Gasteiger partial charge on any atom is 0.307 e. The number of anilines is 2. The van der Waals surface area contributed by atoms with Crippen molar-refractivity contribution in [2.75, 3.05) is 5.32 Å². The number of hydrogen-bond acceptors (Lipinski definition) is 5. The van der Waals surface area contributed by atoms with Crippen LogP contribution in [0.1, 0.15) is 29.6 Å². The Hall–Kier alpha value is -3.72. The quantitative estimate of drug-likeness (QED) is 0.287. The molecule has 1 fully saturated rings. The van der Waals surface area contributed by atoms with Crippen LogP contribution < -0.4 is 5.32 Å². The van der Waals surface area contributed by atoms with Crippen molar-refractivity contribution in [1.82, 2.24) is 4.98 Å². The number of carbonyl (C=O) groups excluding carboxylic acids is 1. The van der Waals surface area contributed by atoms with Gasteiger partial charge in [-0.3, -0.25) is 9.59 Å². The minimum absolute atomic E-state index is 0.00811. The number of aliphatic carboxylic acids is 1. The zero-order valence-electron chi connectivity index (χ0n) is 18.2. The number of Topliss-reactive ketones (excluding diaryl/α,β-unsaturated/α-hetero) is 1. The average Bonchev–Trinajstić information content (AvgIpc) is 3.48. The number of nitrogens with zero attached hydrogens (tertiary/aromatic N) is 1. The van der Waals surface area contributed by atoms with Crippen molar-refractivity contribution in [3.63, 3.8) is 0 Å². The number of aromatic nitrogens is 1. The molecule has 9 heteroatoms. The molecular formula is C26H19F3N2O3S.